The lowest BCUT2D eigenvalue weighted by Gasteiger charge is -2.19. The highest BCUT2D eigenvalue weighted by Crippen LogP contribution is 2.19. The summed E-state index contributed by atoms with van der Waals surface area (Å²) in [4.78, 5) is 8.37. The van der Waals surface area contributed by atoms with Crippen LogP contribution < -0.4 is 5.32 Å². The molecule has 0 fully saturated rings. The van der Waals surface area contributed by atoms with Gasteiger partial charge in [0.15, 0.2) is 0 Å². The van der Waals surface area contributed by atoms with Crippen LogP contribution in [0.2, 0.25) is 5.02 Å². The molecule has 0 aliphatic carbocycles. The molecule has 0 aliphatic heterocycles. The molecule has 0 radical (unpaired) electrons. The van der Waals surface area contributed by atoms with E-state index in [1.54, 1.807) is 18.6 Å². The van der Waals surface area contributed by atoms with Crippen LogP contribution in [-0.4, -0.2) is 9.97 Å². The monoisotopic (exact) mass is 261 g/mol. The zero-order valence-corrected chi connectivity index (χ0v) is 11.2. The predicted molar refractivity (Wildman–Crippen MR) is 73.4 cm³/mol. The number of benzene rings is 1. The fraction of sp³-hybridized carbons (Fsp3) is 0.286. The second-order valence-corrected chi connectivity index (χ2v) is 4.73. The molecule has 3 nitrogen and oxygen atoms in total. The van der Waals surface area contributed by atoms with E-state index >= 15 is 0 Å². The Kier molecular flexibility index (Phi) is 4.28. The van der Waals surface area contributed by atoms with E-state index in [0.29, 0.717) is 0 Å². The minimum atomic E-state index is 0.157. The third kappa shape index (κ3) is 3.28. The molecule has 1 aromatic carbocycles. The van der Waals surface area contributed by atoms with Gasteiger partial charge in [0.05, 0.1) is 5.69 Å². The summed E-state index contributed by atoms with van der Waals surface area (Å²) in [6.45, 7) is 4.20. The van der Waals surface area contributed by atoms with Gasteiger partial charge >= 0.3 is 0 Å². The molecule has 1 N–H and O–H groups in total. The van der Waals surface area contributed by atoms with Gasteiger partial charge in [-0.25, -0.2) is 0 Å². The average Bonchev–Trinajstić information content (AvgIpc) is 2.40. The summed E-state index contributed by atoms with van der Waals surface area (Å²) in [6, 6.07) is 8.26. The van der Waals surface area contributed by atoms with E-state index in [9.17, 15) is 0 Å². The van der Waals surface area contributed by atoms with Crippen molar-refractivity contribution in [1.29, 1.82) is 0 Å². The molecule has 1 unspecified atom stereocenters. The van der Waals surface area contributed by atoms with Crippen LogP contribution in [0.4, 0.5) is 0 Å². The first-order chi connectivity index (χ1) is 8.66. The highest BCUT2D eigenvalue weighted by Gasteiger charge is 2.11. The Morgan fingerprint density at radius 3 is 2.39 bits per heavy atom. The molecule has 18 heavy (non-hydrogen) atoms. The van der Waals surface area contributed by atoms with Gasteiger partial charge in [0.25, 0.3) is 0 Å². The fourth-order valence-electron chi connectivity index (χ4n) is 1.84. The molecular formula is C14H16ClN3. The number of nitrogens with one attached hydrogen (secondary N) is 1. The summed E-state index contributed by atoms with van der Waals surface area (Å²) in [6.07, 6.45) is 5.17. The van der Waals surface area contributed by atoms with Crippen molar-refractivity contribution >= 4 is 11.6 Å². The molecule has 4 heteroatoms. The van der Waals surface area contributed by atoms with Crippen LogP contribution in [0.15, 0.2) is 42.9 Å². The second kappa shape index (κ2) is 5.94. The quantitative estimate of drug-likeness (QED) is 0.915. The van der Waals surface area contributed by atoms with Gasteiger partial charge in [-0.2, -0.15) is 0 Å². The number of hydrogen-bond acceptors (Lipinski definition) is 3. The Hall–Kier alpha value is -1.45. The number of rotatable bonds is 4. The Morgan fingerprint density at radius 2 is 1.78 bits per heavy atom. The average molecular weight is 262 g/mol. The summed E-state index contributed by atoms with van der Waals surface area (Å²) in [5.41, 5.74) is 2.15. The Morgan fingerprint density at radius 1 is 1.06 bits per heavy atom. The van der Waals surface area contributed by atoms with E-state index < -0.39 is 0 Å². The molecule has 0 amide bonds. The van der Waals surface area contributed by atoms with E-state index in [0.717, 1.165) is 10.7 Å². The summed E-state index contributed by atoms with van der Waals surface area (Å²) < 4.78 is 0. The maximum absolute atomic E-state index is 5.88. The van der Waals surface area contributed by atoms with Crippen LogP contribution in [0, 0.1) is 0 Å². The lowest BCUT2D eigenvalue weighted by Crippen LogP contribution is -2.23. The van der Waals surface area contributed by atoms with Crippen molar-refractivity contribution < 1.29 is 0 Å². The largest absolute Gasteiger partial charge is 0.302 e. The van der Waals surface area contributed by atoms with Gasteiger partial charge in [0, 0.05) is 35.7 Å². The van der Waals surface area contributed by atoms with E-state index in [2.05, 4.69) is 29.1 Å². The van der Waals surface area contributed by atoms with Gasteiger partial charge in [-0.05, 0) is 31.5 Å². The van der Waals surface area contributed by atoms with Gasteiger partial charge in [0.2, 0.25) is 0 Å². The van der Waals surface area contributed by atoms with Crippen LogP contribution in [0.5, 0.6) is 0 Å². The minimum absolute atomic E-state index is 0.157. The molecule has 0 bridgehead atoms. The standard InChI is InChI=1S/C14H16ClN3/c1-10(12-3-5-13(15)6-4-12)18-11(2)14-9-16-7-8-17-14/h3-11,18H,1-2H3/t10-,11?/m1/s1. The smallest absolute Gasteiger partial charge is 0.0753 e. The fourth-order valence-corrected chi connectivity index (χ4v) is 1.97. The van der Waals surface area contributed by atoms with E-state index in [1.807, 2.05) is 24.3 Å². The van der Waals surface area contributed by atoms with Gasteiger partial charge in [0.1, 0.15) is 0 Å². The van der Waals surface area contributed by atoms with Crippen molar-refractivity contribution in [3.05, 3.63) is 59.1 Å². The number of nitrogens with zero attached hydrogens (tertiary/aromatic N) is 2. The van der Waals surface area contributed by atoms with Crippen LogP contribution in [0.25, 0.3) is 0 Å². The molecule has 0 saturated carbocycles. The molecule has 1 heterocycles. The first-order valence-corrected chi connectivity index (χ1v) is 6.32. The van der Waals surface area contributed by atoms with E-state index in [4.69, 9.17) is 11.6 Å². The lowest BCUT2D eigenvalue weighted by molar-refractivity contribution is 0.485. The Bertz CT molecular complexity index is 484. The van der Waals surface area contributed by atoms with Gasteiger partial charge in [-0.1, -0.05) is 23.7 Å². The third-order valence-corrected chi connectivity index (χ3v) is 3.15. The van der Waals surface area contributed by atoms with E-state index in [-0.39, 0.29) is 12.1 Å². The van der Waals surface area contributed by atoms with E-state index in [1.165, 1.54) is 5.56 Å². The summed E-state index contributed by atoms with van der Waals surface area (Å²) in [5.74, 6) is 0. The topological polar surface area (TPSA) is 37.8 Å². The van der Waals surface area contributed by atoms with Gasteiger partial charge in [-0.15, -0.1) is 0 Å². The van der Waals surface area contributed by atoms with Crippen molar-refractivity contribution in [3.63, 3.8) is 0 Å². The maximum atomic E-state index is 5.88. The molecule has 0 saturated heterocycles. The normalized spacial score (nSPS) is 14.2. The van der Waals surface area contributed by atoms with Crippen LogP contribution in [0.3, 0.4) is 0 Å². The van der Waals surface area contributed by atoms with Crippen LogP contribution >= 0.6 is 11.6 Å². The first-order valence-electron chi connectivity index (χ1n) is 5.94. The highest BCUT2D eigenvalue weighted by molar-refractivity contribution is 6.30. The van der Waals surface area contributed by atoms with Crippen molar-refractivity contribution in [1.82, 2.24) is 15.3 Å². The van der Waals surface area contributed by atoms with Gasteiger partial charge < -0.3 is 5.32 Å². The van der Waals surface area contributed by atoms with Crippen molar-refractivity contribution in [3.8, 4) is 0 Å². The third-order valence-electron chi connectivity index (χ3n) is 2.90. The predicted octanol–water partition coefficient (Wildman–Crippen LogP) is 3.54. The molecule has 0 spiro atoms. The highest BCUT2D eigenvalue weighted by atomic mass is 35.5. The maximum Gasteiger partial charge on any atom is 0.0753 e. The van der Waals surface area contributed by atoms with Crippen LogP contribution in [0.1, 0.15) is 37.2 Å². The minimum Gasteiger partial charge on any atom is -0.302 e. The summed E-state index contributed by atoms with van der Waals surface area (Å²) in [7, 11) is 0. The second-order valence-electron chi connectivity index (χ2n) is 4.29. The lowest BCUT2D eigenvalue weighted by atomic mass is 10.1. The van der Waals surface area contributed by atoms with Crippen molar-refractivity contribution in [2.24, 2.45) is 0 Å². The van der Waals surface area contributed by atoms with Gasteiger partial charge in [-0.3, -0.25) is 9.97 Å². The Labute approximate surface area is 112 Å². The molecular weight excluding hydrogens is 246 g/mol. The molecule has 0 aliphatic rings. The molecule has 2 aromatic rings. The Balaban J connectivity index is 2.03. The first kappa shape index (κ1) is 13.0. The molecule has 1 aromatic heterocycles. The SMILES string of the molecule is CC(N[C@H](C)c1ccc(Cl)cc1)c1cnccn1. The summed E-state index contributed by atoms with van der Waals surface area (Å²) >= 11 is 5.88. The zero-order chi connectivity index (χ0) is 13.0. The molecule has 2 rings (SSSR count). The van der Waals surface area contributed by atoms with Crippen molar-refractivity contribution in [2.45, 2.75) is 25.9 Å². The summed E-state index contributed by atoms with van der Waals surface area (Å²) in [5, 5.41) is 4.24. The number of halogens is 1. The molecule has 94 valence electrons. The number of hydrogen-bond donors (Lipinski definition) is 1. The number of aromatic nitrogens is 2. The zero-order valence-electron chi connectivity index (χ0n) is 10.5. The van der Waals surface area contributed by atoms with Crippen LogP contribution in [-0.2, 0) is 0 Å². The molecule has 2 atom stereocenters. The van der Waals surface area contributed by atoms with Crippen molar-refractivity contribution in [2.75, 3.05) is 0 Å².